The maximum absolute atomic E-state index is 12.1. The molecule has 104 valence electrons. The third-order valence-electron chi connectivity index (χ3n) is 3.45. The largest absolute Gasteiger partial charge is 0.467 e. The van der Waals surface area contributed by atoms with Crippen molar-refractivity contribution < 1.29 is 9.47 Å². The Kier molecular flexibility index (Phi) is 3.23. The molecule has 2 aromatic rings. The van der Waals surface area contributed by atoms with Crippen molar-refractivity contribution in [2.75, 3.05) is 20.3 Å². The number of ether oxygens (including phenoxy) is 2. The Morgan fingerprint density at radius 3 is 3.00 bits per heavy atom. The van der Waals surface area contributed by atoms with Crippen LogP contribution in [0, 0.1) is 0 Å². The van der Waals surface area contributed by atoms with Crippen LogP contribution in [0.3, 0.4) is 0 Å². The highest BCUT2D eigenvalue weighted by Crippen LogP contribution is 2.26. The highest BCUT2D eigenvalue weighted by Gasteiger charge is 2.15. The van der Waals surface area contributed by atoms with Gasteiger partial charge in [0, 0.05) is 18.7 Å². The van der Waals surface area contributed by atoms with E-state index in [0.29, 0.717) is 24.7 Å². The zero-order chi connectivity index (χ0) is 14.1. The molecule has 6 nitrogen and oxygen atoms in total. The Balaban J connectivity index is 2.32. The van der Waals surface area contributed by atoms with Crippen molar-refractivity contribution in [3.63, 3.8) is 0 Å². The number of fused-ring (bicyclic) bond motifs is 1. The summed E-state index contributed by atoms with van der Waals surface area (Å²) in [4.78, 5) is 20.5. The van der Waals surface area contributed by atoms with Crippen molar-refractivity contribution in [1.29, 1.82) is 0 Å². The second kappa shape index (κ2) is 5.05. The van der Waals surface area contributed by atoms with Crippen LogP contribution >= 0.6 is 0 Å². The van der Waals surface area contributed by atoms with Crippen molar-refractivity contribution in [2.45, 2.75) is 6.42 Å². The number of aryl methyl sites for hydroxylation is 1. The number of rotatable bonds is 2. The zero-order valence-corrected chi connectivity index (χ0v) is 11.4. The lowest BCUT2D eigenvalue weighted by Gasteiger charge is -2.16. The Hall–Kier alpha value is -2.21. The molecular formula is C14H15N3O3. The molecule has 20 heavy (non-hydrogen) atoms. The molecule has 1 aliphatic heterocycles. The number of aromatic nitrogens is 3. The summed E-state index contributed by atoms with van der Waals surface area (Å²) >= 11 is 0. The van der Waals surface area contributed by atoms with E-state index in [9.17, 15) is 4.79 Å². The molecule has 1 aliphatic rings. The molecule has 6 heteroatoms. The maximum Gasteiger partial charge on any atom is 0.316 e. The summed E-state index contributed by atoms with van der Waals surface area (Å²) in [5.74, 6) is 0. The topological polar surface area (TPSA) is 66.2 Å². The molecule has 0 spiro atoms. The quantitative estimate of drug-likeness (QED) is 0.821. The van der Waals surface area contributed by atoms with Crippen LogP contribution in [0.15, 0.2) is 23.1 Å². The van der Waals surface area contributed by atoms with Gasteiger partial charge in [-0.1, -0.05) is 6.08 Å². The van der Waals surface area contributed by atoms with Gasteiger partial charge < -0.3 is 14.0 Å². The summed E-state index contributed by atoms with van der Waals surface area (Å²) in [5, 5.41) is 0. The van der Waals surface area contributed by atoms with Gasteiger partial charge in [-0.3, -0.25) is 4.79 Å². The van der Waals surface area contributed by atoms with Gasteiger partial charge in [0.15, 0.2) is 0 Å². The fourth-order valence-corrected chi connectivity index (χ4v) is 2.33. The van der Waals surface area contributed by atoms with E-state index in [4.69, 9.17) is 9.47 Å². The van der Waals surface area contributed by atoms with Crippen LogP contribution in [-0.2, 0) is 11.8 Å². The van der Waals surface area contributed by atoms with Crippen LogP contribution in [0.1, 0.15) is 12.0 Å². The molecule has 0 saturated heterocycles. The SMILES string of the molecule is COc1ncc2c(n1)c(C1=CCOCC1)cc(=O)n2C. The van der Waals surface area contributed by atoms with E-state index in [0.717, 1.165) is 23.1 Å². The third kappa shape index (κ3) is 2.08. The van der Waals surface area contributed by atoms with Crippen LogP contribution in [0.4, 0.5) is 0 Å². The van der Waals surface area contributed by atoms with Crippen LogP contribution in [-0.4, -0.2) is 34.9 Å². The zero-order valence-electron chi connectivity index (χ0n) is 11.4. The first kappa shape index (κ1) is 12.8. The van der Waals surface area contributed by atoms with E-state index in [1.807, 2.05) is 6.08 Å². The normalized spacial score (nSPS) is 15.2. The van der Waals surface area contributed by atoms with Gasteiger partial charge in [0.2, 0.25) is 0 Å². The molecule has 3 heterocycles. The van der Waals surface area contributed by atoms with Gasteiger partial charge in [0.1, 0.15) is 5.52 Å². The fraction of sp³-hybridized carbons (Fsp3) is 0.357. The van der Waals surface area contributed by atoms with E-state index in [2.05, 4.69) is 9.97 Å². The van der Waals surface area contributed by atoms with Gasteiger partial charge in [-0.2, -0.15) is 4.98 Å². The van der Waals surface area contributed by atoms with E-state index < -0.39 is 0 Å². The van der Waals surface area contributed by atoms with Crippen LogP contribution in [0.5, 0.6) is 6.01 Å². The Labute approximate surface area is 115 Å². The monoisotopic (exact) mass is 273 g/mol. The van der Waals surface area contributed by atoms with E-state index in [-0.39, 0.29) is 5.56 Å². The second-order valence-electron chi connectivity index (χ2n) is 4.60. The molecule has 0 atom stereocenters. The minimum Gasteiger partial charge on any atom is -0.467 e. The molecule has 0 fully saturated rings. The predicted molar refractivity (Wildman–Crippen MR) is 74.7 cm³/mol. The lowest BCUT2D eigenvalue weighted by atomic mass is 10.0. The van der Waals surface area contributed by atoms with E-state index >= 15 is 0 Å². The molecule has 0 bridgehead atoms. The first-order valence-electron chi connectivity index (χ1n) is 6.38. The molecule has 2 aromatic heterocycles. The first-order chi connectivity index (χ1) is 9.70. The molecule has 0 aromatic carbocycles. The number of hydrogen-bond donors (Lipinski definition) is 0. The predicted octanol–water partition coefficient (Wildman–Crippen LogP) is 1.14. The van der Waals surface area contributed by atoms with Gasteiger partial charge in [-0.25, -0.2) is 4.98 Å². The minimum absolute atomic E-state index is 0.0753. The van der Waals surface area contributed by atoms with Crippen molar-refractivity contribution in [3.05, 3.63) is 34.3 Å². The molecule has 0 radical (unpaired) electrons. The van der Waals surface area contributed by atoms with Gasteiger partial charge in [-0.05, 0) is 12.0 Å². The minimum atomic E-state index is -0.0753. The Morgan fingerprint density at radius 1 is 1.45 bits per heavy atom. The number of pyridine rings is 1. The summed E-state index contributed by atoms with van der Waals surface area (Å²) in [6.07, 6.45) is 4.38. The Morgan fingerprint density at radius 2 is 2.30 bits per heavy atom. The smallest absolute Gasteiger partial charge is 0.316 e. The summed E-state index contributed by atoms with van der Waals surface area (Å²) < 4.78 is 11.9. The second-order valence-corrected chi connectivity index (χ2v) is 4.60. The Bertz CT molecular complexity index is 749. The van der Waals surface area contributed by atoms with Gasteiger partial charge in [0.25, 0.3) is 5.56 Å². The number of hydrogen-bond acceptors (Lipinski definition) is 5. The lowest BCUT2D eigenvalue weighted by molar-refractivity contribution is 0.161. The first-order valence-corrected chi connectivity index (χ1v) is 6.38. The molecule has 3 rings (SSSR count). The van der Waals surface area contributed by atoms with Crippen molar-refractivity contribution in [2.24, 2.45) is 7.05 Å². The lowest BCUT2D eigenvalue weighted by Crippen LogP contribution is -2.18. The molecular weight excluding hydrogens is 258 g/mol. The van der Waals surface area contributed by atoms with Gasteiger partial charge in [-0.15, -0.1) is 0 Å². The summed E-state index contributed by atoms with van der Waals surface area (Å²) in [6, 6.07) is 1.91. The molecule has 0 unspecified atom stereocenters. The van der Waals surface area contributed by atoms with Gasteiger partial charge >= 0.3 is 6.01 Å². The average molecular weight is 273 g/mol. The molecule has 0 N–H and O–H groups in total. The van der Waals surface area contributed by atoms with Crippen molar-refractivity contribution >= 4 is 16.6 Å². The van der Waals surface area contributed by atoms with Crippen molar-refractivity contribution in [3.8, 4) is 6.01 Å². The van der Waals surface area contributed by atoms with Gasteiger partial charge in [0.05, 0.1) is 32.0 Å². The van der Waals surface area contributed by atoms with Crippen LogP contribution in [0.25, 0.3) is 16.6 Å². The van der Waals surface area contributed by atoms with Crippen LogP contribution < -0.4 is 10.3 Å². The number of nitrogens with zero attached hydrogens (tertiary/aromatic N) is 3. The molecule has 0 amide bonds. The molecule has 0 saturated carbocycles. The van der Waals surface area contributed by atoms with Crippen molar-refractivity contribution in [1.82, 2.24) is 14.5 Å². The highest BCUT2D eigenvalue weighted by atomic mass is 16.5. The maximum atomic E-state index is 12.1. The van der Waals surface area contributed by atoms with E-state index in [1.54, 1.807) is 19.3 Å². The van der Waals surface area contributed by atoms with E-state index in [1.165, 1.54) is 11.7 Å². The average Bonchev–Trinajstić information content (AvgIpc) is 2.51. The fourth-order valence-electron chi connectivity index (χ4n) is 2.33. The summed E-state index contributed by atoms with van der Waals surface area (Å²) in [7, 11) is 3.24. The summed E-state index contributed by atoms with van der Waals surface area (Å²) in [6.45, 7) is 1.22. The highest BCUT2D eigenvalue weighted by molar-refractivity contribution is 5.88. The standard InChI is InChI=1S/C14H15N3O3/c1-17-11-8-15-14(19-2)16-13(11)10(7-12(17)18)9-3-5-20-6-4-9/h3,7-8H,4-6H2,1-2H3. The summed E-state index contributed by atoms with van der Waals surface area (Å²) in [5.41, 5.74) is 3.27. The third-order valence-corrected chi connectivity index (χ3v) is 3.45. The molecule has 0 aliphatic carbocycles. The van der Waals surface area contributed by atoms with Crippen LogP contribution in [0.2, 0.25) is 0 Å². The number of methoxy groups -OCH3 is 1.